The summed E-state index contributed by atoms with van der Waals surface area (Å²) in [7, 11) is 0. The van der Waals surface area contributed by atoms with Crippen LogP contribution < -0.4 is 0 Å². The van der Waals surface area contributed by atoms with Gasteiger partial charge in [-0.3, -0.25) is 0 Å². The minimum Gasteiger partial charge on any atom is -0.396 e. The van der Waals surface area contributed by atoms with Gasteiger partial charge in [0.15, 0.2) is 0 Å². The fourth-order valence-electron chi connectivity index (χ4n) is 3.20. The first-order chi connectivity index (χ1) is 5.57. The quantitative estimate of drug-likeness (QED) is 0.686. The highest BCUT2D eigenvalue weighted by molar-refractivity contribution is 5.15. The van der Waals surface area contributed by atoms with E-state index >= 15 is 0 Å². The molecule has 0 aliphatic heterocycles. The Bertz CT molecular complexity index is 197. The maximum absolute atomic E-state index is 9.12. The zero-order valence-corrected chi connectivity index (χ0v) is 8.43. The standard InChI is InChI=1S/C11H20O/c1-4-11(5-8(11)7-12)9-6-10(9,2)3/h8-9,12H,4-7H2,1-3H3. The second kappa shape index (κ2) is 2.25. The molecule has 3 atom stereocenters. The molecule has 70 valence electrons. The Morgan fingerprint density at radius 1 is 1.33 bits per heavy atom. The molecule has 2 aliphatic carbocycles. The molecule has 1 nitrogen and oxygen atoms in total. The number of aliphatic hydroxyl groups is 1. The Kier molecular flexibility index (Phi) is 1.61. The summed E-state index contributed by atoms with van der Waals surface area (Å²) in [5.74, 6) is 1.54. The lowest BCUT2D eigenvalue weighted by atomic mass is 9.89. The lowest BCUT2D eigenvalue weighted by molar-refractivity contribution is 0.226. The van der Waals surface area contributed by atoms with Gasteiger partial charge in [-0.15, -0.1) is 0 Å². The van der Waals surface area contributed by atoms with Gasteiger partial charge in [0.25, 0.3) is 0 Å². The SMILES string of the molecule is CCC1(C2CC2(C)C)CC1CO. The molecule has 0 saturated heterocycles. The molecule has 0 aromatic heterocycles. The molecule has 0 aromatic carbocycles. The number of hydrogen-bond donors (Lipinski definition) is 1. The minimum absolute atomic E-state index is 0.417. The molecule has 12 heavy (non-hydrogen) atoms. The second-order valence-corrected chi connectivity index (χ2v) is 5.42. The smallest absolute Gasteiger partial charge is 0.0464 e. The highest BCUT2D eigenvalue weighted by Gasteiger charge is 2.67. The van der Waals surface area contributed by atoms with Gasteiger partial charge in [-0.05, 0) is 41.9 Å². The van der Waals surface area contributed by atoms with E-state index in [1.165, 1.54) is 19.3 Å². The van der Waals surface area contributed by atoms with E-state index in [-0.39, 0.29) is 0 Å². The zero-order chi connectivity index (χ0) is 8.98. The first-order valence-corrected chi connectivity index (χ1v) is 5.17. The van der Waals surface area contributed by atoms with E-state index in [1.807, 2.05) is 0 Å². The van der Waals surface area contributed by atoms with Crippen molar-refractivity contribution in [1.29, 1.82) is 0 Å². The van der Waals surface area contributed by atoms with E-state index in [9.17, 15) is 0 Å². The highest BCUT2D eigenvalue weighted by atomic mass is 16.3. The molecule has 2 saturated carbocycles. The van der Waals surface area contributed by atoms with Gasteiger partial charge >= 0.3 is 0 Å². The van der Waals surface area contributed by atoms with Crippen LogP contribution >= 0.6 is 0 Å². The van der Waals surface area contributed by atoms with Gasteiger partial charge in [0.2, 0.25) is 0 Å². The van der Waals surface area contributed by atoms with Crippen LogP contribution in [0.1, 0.15) is 40.0 Å². The van der Waals surface area contributed by atoms with E-state index in [0.717, 1.165) is 5.92 Å². The maximum Gasteiger partial charge on any atom is 0.0464 e. The van der Waals surface area contributed by atoms with Crippen molar-refractivity contribution in [3.05, 3.63) is 0 Å². The summed E-state index contributed by atoms with van der Waals surface area (Å²) in [5, 5.41) is 9.12. The predicted molar refractivity (Wildman–Crippen MR) is 49.8 cm³/mol. The van der Waals surface area contributed by atoms with Crippen LogP contribution in [0.3, 0.4) is 0 Å². The van der Waals surface area contributed by atoms with Gasteiger partial charge in [-0.1, -0.05) is 20.8 Å². The minimum atomic E-state index is 0.417. The number of hydrogen-bond acceptors (Lipinski definition) is 1. The molecule has 1 N–H and O–H groups in total. The van der Waals surface area contributed by atoms with Gasteiger partial charge in [-0.25, -0.2) is 0 Å². The van der Waals surface area contributed by atoms with Crippen molar-refractivity contribution in [1.82, 2.24) is 0 Å². The van der Waals surface area contributed by atoms with E-state index in [2.05, 4.69) is 20.8 Å². The van der Waals surface area contributed by atoms with Crippen LogP contribution in [-0.4, -0.2) is 11.7 Å². The third-order valence-corrected chi connectivity index (χ3v) is 4.37. The topological polar surface area (TPSA) is 20.2 Å². The number of rotatable bonds is 3. The van der Waals surface area contributed by atoms with Crippen molar-refractivity contribution >= 4 is 0 Å². The van der Waals surface area contributed by atoms with Crippen LogP contribution in [0.2, 0.25) is 0 Å². The Hall–Kier alpha value is -0.0400. The molecule has 3 unspecified atom stereocenters. The van der Waals surface area contributed by atoms with Crippen LogP contribution in [0.5, 0.6) is 0 Å². The monoisotopic (exact) mass is 168 g/mol. The van der Waals surface area contributed by atoms with Crippen molar-refractivity contribution in [3.8, 4) is 0 Å². The Morgan fingerprint density at radius 2 is 1.92 bits per heavy atom. The second-order valence-electron chi connectivity index (χ2n) is 5.42. The molecule has 2 aliphatic rings. The van der Waals surface area contributed by atoms with E-state index in [4.69, 9.17) is 5.11 Å². The summed E-state index contributed by atoms with van der Waals surface area (Å²) < 4.78 is 0. The van der Waals surface area contributed by atoms with Crippen LogP contribution in [-0.2, 0) is 0 Å². The zero-order valence-electron chi connectivity index (χ0n) is 8.43. The predicted octanol–water partition coefficient (Wildman–Crippen LogP) is 2.44. The van der Waals surface area contributed by atoms with Crippen LogP contribution in [0.15, 0.2) is 0 Å². The molecule has 1 heteroatoms. The van der Waals surface area contributed by atoms with E-state index in [1.54, 1.807) is 0 Å². The maximum atomic E-state index is 9.12. The largest absolute Gasteiger partial charge is 0.396 e. The third-order valence-electron chi connectivity index (χ3n) is 4.37. The van der Waals surface area contributed by atoms with Gasteiger partial charge < -0.3 is 5.11 Å². The molecule has 0 radical (unpaired) electrons. The van der Waals surface area contributed by atoms with E-state index < -0.39 is 0 Å². The molecule has 0 spiro atoms. The average molecular weight is 168 g/mol. The summed E-state index contributed by atoms with van der Waals surface area (Å²) in [4.78, 5) is 0. The van der Waals surface area contributed by atoms with Crippen molar-refractivity contribution < 1.29 is 5.11 Å². The first kappa shape index (κ1) is 8.55. The fraction of sp³-hybridized carbons (Fsp3) is 1.00. The molecule has 0 bridgehead atoms. The summed E-state index contributed by atoms with van der Waals surface area (Å²) in [6.45, 7) is 7.42. The molecule has 2 fully saturated rings. The van der Waals surface area contributed by atoms with Crippen LogP contribution in [0.25, 0.3) is 0 Å². The van der Waals surface area contributed by atoms with Crippen LogP contribution in [0.4, 0.5) is 0 Å². The molecule has 2 rings (SSSR count). The normalized spacial score (nSPS) is 49.0. The van der Waals surface area contributed by atoms with Crippen molar-refractivity contribution in [2.24, 2.45) is 22.7 Å². The third kappa shape index (κ3) is 0.953. The van der Waals surface area contributed by atoms with Gasteiger partial charge in [0, 0.05) is 6.61 Å². The van der Waals surface area contributed by atoms with Crippen molar-refractivity contribution in [2.45, 2.75) is 40.0 Å². The van der Waals surface area contributed by atoms with Gasteiger partial charge in [-0.2, -0.15) is 0 Å². The Labute approximate surface area is 75.2 Å². The number of aliphatic hydroxyl groups excluding tert-OH is 1. The van der Waals surface area contributed by atoms with Crippen LogP contribution in [0, 0.1) is 22.7 Å². The first-order valence-electron chi connectivity index (χ1n) is 5.17. The Balaban J connectivity index is 2.04. The lowest BCUT2D eigenvalue weighted by Crippen LogP contribution is -2.11. The van der Waals surface area contributed by atoms with Gasteiger partial charge in [0.05, 0.1) is 0 Å². The Morgan fingerprint density at radius 3 is 2.17 bits per heavy atom. The molecule has 0 aromatic rings. The van der Waals surface area contributed by atoms with Crippen molar-refractivity contribution in [2.75, 3.05) is 6.61 Å². The highest BCUT2D eigenvalue weighted by Crippen LogP contribution is 2.73. The average Bonchev–Trinajstić information content (AvgIpc) is 2.86. The van der Waals surface area contributed by atoms with Crippen molar-refractivity contribution in [3.63, 3.8) is 0 Å². The fourth-order valence-corrected chi connectivity index (χ4v) is 3.20. The molecule has 0 amide bonds. The summed E-state index contributed by atoms with van der Waals surface area (Å²) in [6.07, 6.45) is 3.94. The molecular formula is C11H20O. The molecular weight excluding hydrogens is 148 g/mol. The van der Waals surface area contributed by atoms with Gasteiger partial charge in [0.1, 0.15) is 0 Å². The summed E-state index contributed by atoms with van der Waals surface area (Å²) in [5.41, 5.74) is 1.14. The summed E-state index contributed by atoms with van der Waals surface area (Å²) >= 11 is 0. The van der Waals surface area contributed by atoms with E-state index in [0.29, 0.717) is 23.4 Å². The summed E-state index contributed by atoms with van der Waals surface area (Å²) in [6, 6.07) is 0. The lowest BCUT2D eigenvalue weighted by Gasteiger charge is -2.16. The molecule has 0 heterocycles.